The van der Waals surface area contributed by atoms with Crippen molar-refractivity contribution in [3.05, 3.63) is 24.3 Å². The molecule has 0 fully saturated rings. The minimum atomic E-state index is -8.08. The maximum atomic E-state index is 14.7. The molecule has 1 aromatic carbocycles. The summed E-state index contributed by atoms with van der Waals surface area (Å²) in [6.07, 6.45) is -38.7. The van der Waals surface area contributed by atoms with Crippen molar-refractivity contribution in [1.29, 1.82) is 0 Å². The highest BCUT2D eigenvalue weighted by Gasteiger charge is 2.85. The highest BCUT2D eigenvalue weighted by molar-refractivity contribution is 5.97. The van der Waals surface area contributed by atoms with Gasteiger partial charge in [-0.25, -0.2) is 4.98 Å². The molecule has 2 rings (SSSR count). The van der Waals surface area contributed by atoms with Gasteiger partial charge >= 0.3 is 54.3 Å². The molecule has 2 atom stereocenters. The Morgan fingerprint density at radius 3 is 1.65 bits per heavy atom. The van der Waals surface area contributed by atoms with E-state index in [2.05, 4.69) is 4.98 Å². The van der Waals surface area contributed by atoms with Gasteiger partial charge in [-0.3, -0.25) is 19.6 Å². The maximum absolute atomic E-state index is 14.7. The van der Waals surface area contributed by atoms with Crippen LogP contribution in [0.4, 0.5) is 80.6 Å². The van der Waals surface area contributed by atoms with E-state index < -0.39 is 60.2 Å². The Bertz CT molecular complexity index is 1250. The quantitative estimate of drug-likeness (QED) is 0.346. The lowest BCUT2D eigenvalue weighted by Crippen LogP contribution is -2.68. The number of hydrogen-bond donors (Lipinski definition) is 1. The molecule has 0 aliphatic heterocycles. The summed E-state index contributed by atoms with van der Waals surface area (Å²) < 4.78 is 229. The largest absolute Gasteiger partial charge is 0.462 e. The van der Waals surface area contributed by atoms with E-state index >= 15 is 0 Å². The van der Waals surface area contributed by atoms with Gasteiger partial charge in [-0.2, -0.15) is 74.6 Å². The Morgan fingerprint density at radius 2 is 1.23 bits per heavy atom. The van der Waals surface area contributed by atoms with Gasteiger partial charge in [-0.05, 0) is 12.1 Å². The minimum absolute atomic E-state index is 0.0541. The Hall–Kier alpha value is -3.11. The van der Waals surface area contributed by atoms with Crippen molar-refractivity contribution in [2.24, 2.45) is 7.05 Å². The number of ether oxygens (including phenoxy) is 2. The molecule has 0 saturated heterocycles. The van der Waals surface area contributed by atoms with Gasteiger partial charge in [0, 0.05) is 7.05 Å². The second-order valence-corrected chi connectivity index (χ2v) is 7.43. The number of fused-ring (bicyclic) bond motifs is 1. The number of carbonyl (C=O) groups excluding carboxylic acids is 1. The molecular formula is C17H8F17N3O3. The molecule has 0 radical (unpaired) electrons. The highest BCUT2D eigenvalue weighted by Crippen LogP contribution is 2.56. The Labute approximate surface area is 207 Å². The number of benzene rings is 1. The van der Waals surface area contributed by atoms with Gasteiger partial charge in [-0.1, -0.05) is 12.1 Å². The third kappa shape index (κ3) is 5.31. The van der Waals surface area contributed by atoms with Crippen molar-refractivity contribution in [3.8, 4) is 0 Å². The van der Waals surface area contributed by atoms with E-state index in [1.54, 1.807) is 0 Å². The summed E-state index contributed by atoms with van der Waals surface area (Å²) >= 11 is 0. The van der Waals surface area contributed by atoms with E-state index in [1.807, 2.05) is 4.74 Å². The molecule has 0 saturated carbocycles. The number of aromatic nitrogens is 2. The number of nitrogens with one attached hydrogen (secondary N) is 1. The monoisotopic (exact) mass is 625 g/mol. The second kappa shape index (κ2) is 9.48. The van der Waals surface area contributed by atoms with E-state index in [9.17, 15) is 79.4 Å². The number of nitrogens with zero attached hydrogens (tertiary/aromatic N) is 2. The average Bonchev–Trinajstić information content (AvgIpc) is 3.05. The van der Waals surface area contributed by atoms with Crippen LogP contribution in [0.3, 0.4) is 0 Å². The molecule has 0 spiro atoms. The number of carbonyl (C=O) groups is 1. The summed E-state index contributed by atoms with van der Waals surface area (Å²) in [5.41, 5.74) is -0.231. The third-order valence-electron chi connectivity index (χ3n) is 4.67. The zero-order chi connectivity index (χ0) is 31.5. The Morgan fingerprint density at radius 1 is 0.725 bits per heavy atom. The number of aryl methyl sites for hydroxylation is 1. The van der Waals surface area contributed by atoms with E-state index in [0.29, 0.717) is 4.57 Å². The number of alkyl halides is 17. The Kier molecular flexibility index (Phi) is 7.84. The van der Waals surface area contributed by atoms with Crippen LogP contribution in [0.1, 0.15) is 0 Å². The van der Waals surface area contributed by atoms with Crippen LogP contribution in [-0.2, 0) is 21.3 Å². The van der Waals surface area contributed by atoms with E-state index in [1.165, 1.54) is 22.9 Å². The first-order valence-electron chi connectivity index (χ1n) is 9.40. The van der Waals surface area contributed by atoms with Crippen molar-refractivity contribution in [1.82, 2.24) is 9.55 Å². The summed E-state index contributed by atoms with van der Waals surface area (Å²) in [5, 5.41) is 0.850. The van der Waals surface area contributed by atoms with Gasteiger partial charge in [0.1, 0.15) is 0 Å². The number of hydrogen-bond acceptors (Lipinski definition) is 4. The van der Waals surface area contributed by atoms with Gasteiger partial charge < -0.3 is 4.57 Å². The standard InChI is InChI=1S/C17H8F17N3O3/c1-37-7-5-3-2-4-6(7)35-9(37)36-8(38)10(18,13(22,23)24)39-17(33,34)12(21,15(28,29)30)40-16(31,32)11(19,20)14(25,26)27/h2-5H,1H3,(H,35,36,38). The molecule has 0 aliphatic rings. The summed E-state index contributed by atoms with van der Waals surface area (Å²) in [7, 11) is 0.904. The van der Waals surface area contributed by atoms with Crippen LogP contribution in [0, 0.1) is 0 Å². The fourth-order valence-electron chi connectivity index (χ4n) is 2.60. The fourth-order valence-corrected chi connectivity index (χ4v) is 2.60. The number of amides is 1. The first kappa shape index (κ1) is 33.1. The van der Waals surface area contributed by atoms with E-state index in [-0.39, 0.29) is 11.0 Å². The Balaban J connectivity index is 2.60. The average molecular weight is 625 g/mol. The van der Waals surface area contributed by atoms with Crippen LogP contribution in [0.25, 0.3) is 11.0 Å². The van der Waals surface area contributed by atoms with Crippen molar-refractivity contribution in [2.45, 2.75) is 48.4 Å². The maximum Gasteiger partial charge on any atom is 0.462 e. The van der Waals surface area contributed by atoms with Crippen molar-refractivity contribution >= 4 is 22.9 Å². The molecule has 1 aromatic heterocycles. The summed E-state index contributed by atoms with van der Waals surface area (Å²) in [4.78, 5) is 15.4. The van der Waals surface area contributed by atoms with Crippen LogP contribution in [-0.4, -0.2) is 63.8 Å². The lowest BCUT2D eigenvalue weighted by Gasteiger charge is -2.40. The van der Waals surface area contributed by atoms with E-state index in [4.69, 9.17) is 0 Å². The minimum Gasteiger partial charge on any atom is -0.313 e. The lowest BCUT2D eigenvalue weighted by atomic mass is 10.2. The number of para-hydroxylation sites is 2. The molecular weight excluding hydrogens is 617 g/mol. The fraction of sp³-hybridized carbons (Fsp3) is 0.529. The molecule has 6 nitrogen and oxygen atoms in total. The summed E-state index contributed by atoms with van der Waals surface area (Å²) in [6.45, 7) is 0. The van der Waals surface area contributed by atoms with Gasteiger partial charge in [0.15, 0.2) is 0 Å². The van der Waals surface area contributed by atoms with Gasteiger partial charge in [0.2, 0.25) is 5.95 Å². The van der Waals surface area contributed by atoms with Crippen LogP contribution >= 0.6 is 0 Å². The van der Waals surface area contributed by atoms with E-state index in [0.717, 1.165) is 18.4 Å². The molecule has 23 heteroatoms. The number of rotatable bonds is 8. The predicted octanol–water partition coefficient (Wildman–Crippen LogP) is 6.38. The van der Waals surface area contributed by atoms with Gasteiger partial charge in [0.25, 0.3) is 0 Å². The summed E-state index contributed by atoms with van der Waals surface area (Å²) in [6, 6.07) is 4.83. The number of anilines is 1. The van der Waals surface area contributed by atoms with Crippen LogP contribution in [0.2, 0.25) is 0 Å². The molecule has 228 valence electrons. The predicted molar refractivity (Wildman–Crippen MR) is 92.2 cm³/mol. The third-order valence-corrected chi connectivity index (χ3v) is 4.67. The molecule has 2 aromatic rings. The van der Waals surface area contributed by atoms with Crippen molar-refractivity contribution in [2.75, 3.05) is 5.32 Å². The molecule has 1 heterocycles. The second-order valence-electron chi connectivity index (χ2n) is 7.43. The van der Waals surface area contributed by atoms with Crippen LogP contribution < -0.4 is 5.32 Å². The SMILES string of the molecule is Cn1c(NC(=O)C(F)(OC(F)(F)C(F)(OC(F)(F)C(F)(F)C(F)(F)F)C(F)(F)F)C(F)(F)F)nc2ccccc21. The first-order valence-corrected chi connectivity index (χ1v) is 9.40. The first-order chi connectivity index (χ1) is 17.6. The van der Waals surface area contributed by atoms with Gasteiger partial charge in [0.05, 0.1) is 11.0 Å². The van der Waals surface area contributed by atoms with Crippen molar-refractivity contribution in [3.63, 3.8) is 0 Å². The normalized spacial score (nSPS) is 17.4. The topological polar surface area (TPSA) is 65.4 Å². The highest BCUT2D eigenvalue weighted by atomic mass is 19.4. The molecule has 2 unspecified atom stereocenters. The molecule has 1 N–H and O–H groups in total. The van der Waals surface area contributed by atoms with Crippen molar-refractivity contribution < 1.29 is 88.9 Å². The lowest BCUT2D eigenvalue weighted by molar-refractivity contribution is -0.548. The van der Waals surface area contributed by atoms with Crippen LogP contribution in [0.5, 0.6) is 0 Å². The zero-order valence-corrected chi connectivity index (χ0v) is 18.4. The molecule has 1 amide bonds. The summed E-state index contributed by atoms with van der Waals surface area (Å²) in [5.74, 6) is -27.6. The number of halogens is 17. The van der Waals surface area contributed by atoms with Crippen LogP contribution in [0.15, 0.2) is 24.3 Å². The number of imidazole rings is 1. The van der Waals surface area contributed by atoms with Gasteiger partial charge in [-0.15, -0.1) is 0 Å². The smallest absolute Gasteiger partial charge is 0.313 e. The molecule has 0 bridgehead atoms. The molecule has 40 heavy (non-hydrogen) atoms. The zero-order valence-electron chi connectivity index (χ0n) is 18.4. The molecule has 0 aliphatic carbocycles.